The van der Waals surface area contributed by atoms with Gasteiger partial charge in [0.05, 0.1) is 18.8 Å². The Morgan fingerprint density at radius 3 is 2.25 bits per heavy atom. The van der Waals surface area contributed by atoms with Crippen molar-refractivity contribution >= 4 is 8.32 Å². The predicted molar refractivity (Wildman–Crippen MR) is 102 cm³/mol. The Kier molecular flexibility index (Phi) is 7.13. The van der Waals surface area contributed by atoms with E-state index in [9.17, 15) is 5.11 Å². The van der Waals surface area contributed by atoms with Gasteiger partial charge in [-0.25, -0.2) is 0 Å². The molecule has 1 rings (SSSR count). The molecule has 24 heavy (non-hydrogen) atoms. The van der Waals surface area contributed by atoms with Crippen molar-refractivity contribution in [1.82, 2.24) is 0 Å². The van der Waals surface area contributed by atoms with Crippen molar-refractivity contribution in [2.75, 3.05) is 13.2 Å². The molecule has 0 spiro atoms. The van der Waals surface area contributed by atoms with Gasteiger partial charge in [0.1, 0.15) is 0 Å². The van der Waals surface area contributed by atoms with Crippen molar-refractivity contribution in [3.8, 4) is 0 Å². The van der Waals surface area contributed by atoms with Gasteiger partial charge < -0.3 is 19.0 Å². The van der Waals surface area contributed by atoms with Crippen LogP contribution in [0.5, 0.6) is 0 Å². The molecule has 0 aromatic heterocycles. The zero-order chi connectivity index (χ0) is 18.9. The first-order chi connectivity index (χ1) is 10.7. The van der Waals surface area contributed by atoms with Crippen molar-refractivity contribution < 1.29 is 19.0 Å². The summed E-state index contributed by atoms with van der Waals surface area (Å²) >= 11 is 0. The second kappa shape index (κ2) is 7.75. The Morgan fingerprint density at radius 1 is 1.25 bits per heavy atom. The summed E-state index contributed by atoms with van der Waals surface area (Å²) in [6.07, 6.45) is 0.0507. The van der Waals surface area contributed by atoms with Gasteiger partial charge in [0, 0.05) is 24.4 Å². The van der Waals surface area contributed by atoms with Gasteiger partial charge in [-0.05, 0) is 32.0 Å². The standard InChI is InChI=1S/C19H40O4Si/c1-13(11-20)17(23-24(9,10)18(4,5)6)15(3)16-14(2)12-21-19(7,8)22-16/h13-17,20H,11-12H2,1-10H3/t13-,14+,15-,16+,17-/m0/s1. The third kappa shape index (κ3) is 5.28. The lowest BCUT2D eigenvalue weighted by atomic mass is 9.84. The summed E-state index contributed by atoms with van der Waals surface area (Å²) in [5.74, 6) is 0.0230. The molecular weight excluding hydrogens is 320 g/mol. The van der Waals surface area contributed by atoms with Crippen LogP contribution in [0.1, 0.15) is 55.4 Å². The smallest absolute Gasteiger partial charge is 0.192 e. The van der Waals surface area contributed by atoms with Crippen LogP contribution in [0.15, 0.2) is 0 Å². The van der Waals surface area contributed by atoms with E-state index < -0.39 is 14.1 Å². The Bertz CT molecular complexity index is 403. The normalized spacial score (nSPS) is 29.1. The summed E-state index contributed by atoms with van der Waals surface area (Å²) in [5.41, 5.74) is 0. The highest BCUT2D eigenvalue weighted by molar-refractivity contribution is 6.74. The van der Waals surface area contributed by atoms with Gasteiger partial charge in [-0.1, -0.05) is 41.5 Å². The average Bonchev–Trinajstić information content (AvgIpc) is 2.44. The van der Waals surface area contributed by atoms with E-state index in [-0.39, 0.29) is 35.7 Å². The number of aliphatic hydroxyl groups excluding tert-OH is 1. The fourth-order valence-corrected chi connectivity index (χ4v) is 4.56. The lowest BCUT2D eigenvalue weighted by molar-refractivity contribution is -0.304. The predicted octanol–water partition coefficient (Wildman–Crippen LogP) is 4.43. The van der Waals surface area contributed by atoms with Crippen LogP contribution in [0.25, 0.3) is 0 Å². The molecule has 1 aliphatic heterocycles. The van der Waals surface area contributed by atoms with E-state index in [2.05, 4.69) is 54.6 Å². The van der Waals surface area contributed by atoms with Crippen LogP contribution in [-0.2, 0) is 13.9 Å². The van der Waals surface area contributed by atoms with Crippen LogP contribution < -0.4 is 0 Å². The highest BCUT2D eigenvalue weighted by Crippen LogP contribution is 2.41. The summed E-state index contributed by atoms with van der Waals surface area (Å²) in [4.78, 5) is 0. The minimum Gasteiger partial charge on any atom is -0.413 e. The zero-order valence-electron chi connectivity index (χ0n) is 17.5. The minimum atomic E-state index is -1.93. The van der Waals surface area contributed by atoms with Crippen molar-refractivity contribution in [3.63, 3.8) is 0 Å². The molecule has 0 aliphatic carbocycles. The van der Waals surface area contributed by atoms with E-state index in [0.29, 0.717) is 12.5 Å². The van der Waals surface area contributed by atoms with E-state index in [1.807, 2.05) is 13.8 Å². The monoisotopic (exact) mass is 360 g/mol. The van der Waals surface area contributed by atoms with Crippen molar-refractivity contribution in [3.05, 3.63) is 0 Å². The van der Waals surface area contributed by atoms with Crippen LogP contribution in [0, 0.1) is 17.8 Å². The molecule has 0 aromatic carbocycles. The van der Waals surface area contributed by atoms with Gasteiger partial charge in [0.2, 0.25) is 0 Å². The molecule has 0 bridgehead atoms. The summed E-state index contributed by atoms with van der Waals surface area (Å²) < 4.78 is 18.8. The van der Waals surface area contributed by atoms with Crippen molar-refractivity contribution in [2.45, 2.75) is 91.5 Å². The van der Waals surface area contributed by atoms with Crippen LogP contribution in [0.2, 0.25) is 18.1 Å². The van der Waals surface area contributed by atoms with Crippen LogP contribution in [-0.4, -0.2) is 44.6 Å². The number of hydrogen-bond acceptors (Lipinski definition) is 4. The van der Waals surface area contributed by atoms with Crippen molar-refractivity contribution in [2.24, 2.45) is 17.8 Å². The largest absolute Gasteiger partial charge is 0.413 e. The summed E-state index contributed by atoms with van der Waals surface area (Å²) in [5, 5.41) is 9.93. The molecule has 1 heterocycles. The fourth-order valence-electron chi connectivity index (χ4n) is 3.08. The maximum atomic E-state index is 9.79. The molecule has 0 aromatic rings. The summed E-state index contributed by atoms with van der Waals surface area (Å²) in [7, 11) is -1.93. The highest BCUT2D eigenvalue weighted by atomic mass is 28.4. The van der Waals surface area contributed by atoms with Gasteiger partial charge >= 0.3 is 0 Å². The van der Waals surface area contributed by atoms with Crippen molar-refractivity contribution in [1.29, 1.82) is 0 Å². The summed E-state index contributed by atoms with van der Waals surface area (Å²) in [6, 6.07) is 0. The van der Waals surface area contributed by atoms with E-state index in [0.717, 1.165) is 0 Å². The molecular formula is C19H40O4Si. The van der Waals surface area contributed by atoms with E-state index in [4.69, 9.17) is 13.9 Å². The molecule has 1 aliphatic rings. The third-order valence-electron chi connectivity index (χ3n) is 5.80. The fraction of sp³-hybridized carbons (Fsp3) is 1.00. The first-order valence-electron chi connectivity index (χ1n) is 9.32. The first-order valence-corrected chi connectivity index (χ1v) is 12.2. The van der Waals surface area contributed by atoms with Gasteiger partial charge in [-0.2, -0.15) is 0 Å². The molecule has 0 radical (unpaired) electrons. The summed E-state index contributed by atoms with van der Waals surface area (Å²) in [6.45, 7) is 22.5. The molecule has 1 fully saturated rings. The molecule has 5 heteroatoms. The van der Waals surface area contributed by atoms with Gasteiger partial charge in [-0.3, -0.25) is 0 Å². The highest BCUT2D eigenvalue weighted by Gasteiger charge is 2.45. The lowest BCUT2D eigenvalue weighted by Gasteiger charge is -2.48. The second-order valence-corrected chi connectivity index (χ2v) is 14.4. The van der Waals surface area contributed by atoms with Crippen LogP contribution in [0.3, 0.4) is 0 Å². The van der Waals surface area contributed by atoms with E-state index >= 15 is 0 Å². The Hall–Kier alpha value is 0.0569. The number of hydrogen-bond donors (Lipinski definition) is 1. The first kappa shape index (κ1) is 22.1. The molecule has 1 saturated heterocycles. The topological polar surface area (TPSA) is 47.9 Å². The molecule has 0 saturated carbocycles. The lowest BCUT2D eigenvalue weighted by Crippen LogP contribution is -2.54. The second-order valence-electron chi connectivity index (χ2n) is 9.63. The molecule has 5 atom stereocenters. The SMILES string of the molecule is C[C@H]([C@@H](O[Si](C)(C)C(C)(C)C)[C@@H](C)CO)[C@@H]1OC(C)(C)OC[C@H]1C. The number of ether oxygens (including phenoxy) is 2. The van der Waals surface area contributed by atoms with Crippen LogP contribution >= 0.6 is 0 Å². The quantitative estimate of drug-likeness (QED) is 0.712. The average molecular weight is 361 g/mol. The Balaban J connectivity index is 3.03. The van der Waals surface area contributed by atoms with Gasteiger partial charge in [-0.15, -0.1) is 0 Å². The van der Waals surface area contributed by atoms with E-state index in [1.54, 1.807) is 0 Å². The molecule has 0 amide bonds. The third-order valence-corrected chi connectivity index (χ3v) is 10.3. The number of rotatable bonds is 6. The van der Waals surface area contributed by atoms with Crippen LogP contribution in [0.4, 0.5) is 0 Å². The molecule has 0 unspecified atom stereocenters. The minimum absolute atomic E-state index is 0.0164. The van der Waals surface area contributed by atoms with Gasteiger partial charge in [0.15, 0.2) is 14.1 Å². The molecule has 1 N–H and O–H groups in total. The Morgan fingerprint density at radius 2 is 1.79 bits per heavy atom. The van der Waals surface area contributed by atoms with Gasteiger partial charge in [0.25, 0.3) is 0 Å². The maximum absolute atomic E-state index is 9.79. The zero-order valence-corrected chi connectivity index (χ0v) is 18.5. The molecule has 4 nitrogen and oxygen atoms in total. The number of aliphatic hydroxyl groups is 1. The maximum Gasteiger partial charge on any atom is 0.192 e. The molecule has 144 valence electrons. The Labute approximate surface area is 150 Å². The van der Waals surface area contributed by atoms with E-state index in [1.165, 1.54) is 0 Å².